The van der Waals surface area contributed by atoms with Gasteiger partial charge in [0.15, 0.2) is 5.82 Å². The molecule has 0 saturated heterocycles. The van der Waals surface area contributed by atoms with Crippen molar-refractivity contribution in [1.82, 2.24) is 10.2 Å². The molecule has 0 amide bonds. The van der Waals surface area contributed by atoms with Gasteiger partial charge in [-0.1, -0.05) is 24.3 Å². The van der Waals surface area contributed by atoms with Crippen molar-refractivity contribution in [1.29, 1.82) is 5.26 Å². The Morgan fingerprint density at radius 3 is 2.59 bits per heavy atom. The van der Waals surface area contributed by atoms with Crippen molar-refractivity contribution >= 4 is 26.7 Å². The fraction of sp³-hybridized carbons (Fsp3) is 0.0667. The van der Waals surface area contributed by atoms with E-state index in [9.17, 15) is 8.42 Å². The summed E-state index contributed by atoms with van der Waals surface area (Å²) in [7, 11) is -3.58. The van der Waals surface area contributed by atoms with Crippen LogP contribution in [0.2, 0.25) is 0 Å². The van der Waals surface area contributed by atoms with Gasteiger partial charge in [-0.2, -0.15) is 10.4 Å². The highest BCUT2D eigenvalue weighted by molar-refractivity contribution is 7.91. The van der Waals surface area contributed by atoms with Crippen LogP contribution in [0.1, 0.15) is 11.1 Å². The standard InChI is InChI=1S/C15H12N4O2S/c16-9-11-5-7-12(8-6-11)10-22(20,21)19-15-13-3-1-2-4-14(13)17-18-15/h1-8H,10H2,(H2,17,18,19). The number of fused-ring (bicyclic) bond motifs is 1. The summed E-state index contributed by atoms with van der Waals surface area (Å²) in [5.41, 5.74) is 1.86. The Bertz CT molecular complexity index is 953. The molecule has 2 N–H and O–H groups in total. The molecule has 110 valence electrons. The normalized spacial score (nSPS) is 11.2. The van der Waals surface area contributed by atoms with Crippen LogP contribution in [0.5, 0.6) is 0 Å². The molecule has 22 heavy (non-hydrogen) atoms. The number of anilines is 1. The maximum Gasteiger partial charge on any atom is 0.238 e. The molecule has 1 aromatic heterocycles. The van der Waals surface area contributed by atoms with E-state index in [1.807, 2.05) is 24.3 Å². The van der Waals surface area contributed by atoms with Crippen molar-refractivity contribution in [2.45, 2.75) is 5.75 Å². The third kappa shape index (κ3) is 2.92. The molecule has 1 heterocycles. The first-order valence-electron chi connectivity index (χ1n) is 6.50. The summed E-state index contributed by atoms with van der Waals surface area (Å²) in [4.78, 5) is 0. The Balaban J connectivity index is 1.82. The summed E-state index contributed by atoms with van der Waals surface area (Å²) in [6.45, 7) is 0. The van der Waals surface area contributed by atoms with Crippen molar-refractivity contribution in [2.75, 3.05) is 4.72 Å². The largest absolute Gasteiger partial charge is 0.276 e. The lowest BCUT2D eigenvalue weighted by atomic mass is 10.2. The number of sulfonamides is 1. The number of hydrogen-bond acceptors (Lipinski definition) is 4. The molecule has 0 fully saturated rings. The molecule has 7 heteroatoms. The first-order valence-corrected chi connectivity index (χ1v) is 8.15. The van der Waals surface area contributed by atoms with Crippen molar-refractivity contribution in [3.8, 4) is 6.07 Å². The minimum atomic E-state index is -3.58. The number of benzene rings is 2. The van der Waals surface area contributed by atoms with E-state index in [1.54, 1.807) is 30.3 Å². The monoisotopic (exact) mass is 312 g/mol. The number of nitriles is 1. The van der Waals surface area contributed by atoms with Crippen molar-refractivity contribution in [2.24, 2.45) is 0 Å². The second-order valence-corrected chi connectivity index (χ2v) is 6.51. The summed E-state index contributed by atoms with van der Waals surface area (Å²) in [6, 6.07) is 15.7. The van der Waals surface area contributed by atoms with Crippen LogP contribution in [0.3, 0.4) is 0 Å². The minimum Gasteiger partial charge on any atom is -0.276 e. The van der Waals surface area contributed by atoms with E-state index in [1.165, 1.54) is 0 Å². The van der Waals surface area contributed by atoms with Gasteiger partial charge in [0.25, 0.3) is 0 Å². The third-order valence-corrected chi connectivity index (χ3v) is 4.38. The van der Waals surface area contributed by atoms with Crippen LogP contribution in [0.4, 0.5) is 5.82 Å². The van der Waals surface area contributed by atoms with Crippen LogP contribution in [-0.4, -0.2) is 18.6 Å². The molecule has 0 atom stereocenters. The predicted octanol–water partition coefficient (Wildman–Crippen LogP) is 2.38. The number of hydrogen-bond donors (Lipinski definition) is 2. The molecule has 0 radical (unpaired) electrons. The molecule has 6 nitrogen and oxygen atoms in total. The van der Waals surface area contributed by atoms with Gasteiger partial charge in [-0.3, -0.25) is 9.82 Å². The van der Waals surface area contributed by atoms with Gasteiger partial charge in [0.1, 0.15) is 0 Å². The van der Waals surface area contributed by atoms with Crippen LogP contribution >= 0.6 is 0 Å². The van der Waals surface area contributed by atoms with Gasteiger partial charge in [-0.05, 0) is 29.8 Å². The fourth-order valence-corrected chi connectivity index (χ4v) is 3.27. The summed E-state index contributed by atoms with van der Waals surface area (Å²) in [5, 5.41) is 16.2. The number of H-pyrrole nitrogens is 1. The second-order valence-electron chi connectivity index (χ2n) is 4.79. The Morgan fingerprint density at radius 2 is 1.86 bits per heavy atom. The molecule has 0 aliphatic heterocycles. The van der Waals surface area contributed by atoms with E-state index < -0.39 is 10.0 Å². The first-order chi connectivity index (χ1) is 10.6. The summed E-state index contributed by atoms with van der Waals surface area (Å²) in [5.74, 6) is 0.101. The number of nitrogens with one attached hydrogen (secondary N) is 2. The Morgan fingerprint density at radius 1 is 1.14 bits per heavy atom. The zero-order chi connectivity index (χ0) is 15.6. The minimum absolute atomic E-state index is 0.181. The van der Waals surface area contributed by atoms with Crippen molar-refractivity contribution in [3.63, 3.8) is 0 Å². The van der Waals surface area contributed by atoms with Gasteiger partial charge < -0.3 is 0 Å². The maximum absolute atomic E-state index is 12.2. The average Bonchev–Trinajstić information content (AvgIpc) is 2.90. The molecular formula is C15H12N4O2S. The maximum atomic E-state index is 12.2. The number of aromatic amines is 1. The zero-order valence-corrected chi connectivity index (χ0v) is 12.3. The van der Waals surface area contributed by atoms with E-state index in [2.05, 4.69) is 14.9 Å². The van der Waals surface area contributed by atoms with E-state index >= 15 is 0 Å². The highest BCUT2D eigenvalue weighted by Crippen LogP contribution is 2.21. The highest BCUT2D eigenvalue weighted by Gasteiger charge is 2.15. The SMILES string of the molecule is N#Cc1ccc(CS(=O)(=O)Nc2n[nH]c3ccccc23)cc1. The van der Waals surface area contributed by atoms with Crippen LogP contribution in [0, 0.1) is 11.3 Å². The van der Waals surface area contributed by atoms with Crippen LogP contribution in [0.25, 0.3) is 10.9 Å². The lowest BCUT2D eigenvalue weighted by Gasteiger charge is -2.06. The molecule has 2 aromatic carbocycles. The quantitative estimate of drug-likeness (QED) is 0.772. The molecule has 0 spiro atoms. The van der Waals surface area contributed by atoms with E-state index in [0.717, 1.165) is 5.52 Å². The number of aromatic nitrogens is 2. The van der Waals surface area contributed by atoms with Gasteiger partial charge >= 0.3 is 0 Å². The molecule has 0 saturated carbocycles. The van der Waals surface area contributed by atoms with Gasteiger partial charge in [0, 0.05) is 5.39 Å². The van der Waals surface area contributed by atoms with Gasteiger partial charge in [0.05, 0.1) is 22.9 Å². The molecular weight excluding hydrogens is 300 g/mol. The Labute approximate surface area is 127 Å². The fourth-order valence-electron chi connectivity index (χ4n) is 2.12. The Hall–Kier alpha value is -2.85. The zero-order valence-electron chi connectivity index (χ0n) is 11.4. The van der Waals surface area contributed by atoms with Crippen molar-refractivity contribution in [3.05, 3.63) is 59.7 Å². The lowest BCUT2D eigenvalue weighted by Crippen LogP contribution is -2.15. The van der Waals surface area contributed by atoms with Gasteiger partial charge in [-0.15, -0.1) is 0 Å². The average molecular weight is 312 g/mol. The van der Waals surface area contributed by atoms with Crippen molar-refractivity contribution < 1.29 is 8.42 Å². The number of nitrogens with zero attached hydrogens (tertiary/aromatic N) is 2. The lowest BCUT2D eigenvalue weighted by molar-refractivity contribution is 0.600. The van der Waals surface area contributed by atoms with Crippen LogP contribution in [-0.2, 0) is 15.8 Å². The smallest absolute Gasteiger partial charge is 0.238 e. The molecule has 0 unspecified atom stereocenters. The third-order valence-electron chi connectivity index (χ3n) is 3.16. The molecule has 3 rings (SSSR count). The summed E-state index contributed by atoms with van der Waals surface area (Å²) >= 11 is 0. The van der Waals surface area contributed by atoms with E-state index in [-0.39, 0.29) is 11.6 Å². The topological polar surface area (TPSA) is 98.6 Å². The number of rotatable bonds is 4. The second kappa shape index (κ2) is 5.50. The van der Waals surface area contributed by atoms with Gasteiger partial charge in [0.2, 0.25) is 10.0 Å². The van der Waals surface area contributed by atoms with Gasteiger partial charge in [-0.25, -0.2) is 8.42 Å². The Kier molecular flexibility index (Phi) is 3.53. The molecule has 0 aliphatic carbocycles. The number of para-hydroxylation sites is 1. The first kappa shape index (κ1) is 14.1. The molecule has 0 bridgehead atoms. The summed E-state index contributed by atoms with van der Waals surface area (Å²) in [6.07, 6.45) is 0. The highest BCUT2D eigenvalue weighted by atomic mass is 32.2. The predicted molar refractivity (Wildman–Crippen MR) is 83.5 cm³/mol. The van der Waals surface area contributed by atoms with E-state index in [4.69, 9.17) is 5.26 Å². The summed E-state index contributed by atoms with van der Waals surface area (Å²) < 4.78 is 27.0. The van der Waals surface area contributed by atoms with E-state index in [0.29, 0.717) is 16.5 Å². The molecule has 0 aliphatic rings. The van der Waals surface area contributed by atoms with Crippen LogP contribution in [0.15, 0.2) is 48.5 Å². The molecule has 3 aromatic rings. The van der Waals surface area contributed by atoms with Crippen LogP contribution < -0.4 is 4.72 Å².